The third-order valence-corrected chi connectivity index (χ3v) is 3.82. The lowest BCUT2D eigenvalue weighted by atomic mass is 10.1. The molecule has 0 aliphatic heterocycles. The Morgan fingerprint density at radius 2 is 1.44 bits per heavy atom. The van der Waals surface area contributed by atoms with E-state index in [1.807, 2.05) is 4.72 Å². The minimum atomic E-state index is -4.23. The van der Waals surface area contributed by atoms with Crippen molar-refractivity contribution in [2.24, 2.45) is 0 Å². The molecule has 0 amide bonds. The predicted molar refractivity (Wildman–Crippen MR) is 52.0 cm³/mol. The molecule has 0 saturated heterocycles. The normalized spacial score (nSPS) is 11.9. The van der Waals surface area contributed by atoms with Crippen molar-refractivity contribution in [2.45, 2.75) is 18.7 Å². The van der Waals surface area contributed by atoms with E-state index in [0.29, 0.717) is 0 Å². The van der Waals surface area contributed by atoms with Gasteiger partial charge in [0.05, 0.1) is 0 Å². The molecule has 1 rings (SSSR count). The van der Waals surface area contributed by atoms with Crippen molar-refractivity contribution in [2.75, 3.05) is 7.05 Å². The van der Waals surface area contributed by atoms with E-state index in [1.54, 1.807) is 0 Å². The predicted octanol–water partition coefficient (Wildman–Crippen LogP) is 1.63. The second kappa shape index (κ2) is 4.06. The van der Waals surface area contributed by atoms with Crippen molar-refractivity contribution in [3.8, 4) is 0 Å². The molecule has 0 aromatic heterocycles. The summed E-state index contributed by atoms with van der Waals surface area (Å²) in [6.45, 7) is 2.12. The van der Waals surface area contributed by atoms with Crippen LogP contribution >= 0.6 is 0 Å². The van der Waals surface area contributed by atoms with Gasteiger partial charge in [-0.05, 0) is 20.9 Å². The van der Waals surface area contributed by atoms with Gasteiger partial charge in [-0.25, -0.2) is 26.3 Å². The van der Waals surface area contributed by atoms with E-state index in [4.69, 9.17) is 0 Å². The first kappa shape index (κ1) is 13.0. The van der Waals surface area contributed by atoms with Crippen LogP contribution < -0.4 is 4.72 Å². The molecule has 0 bridgehead atoms. The summed E-state index contributed by atoms with van der Waals surface area (Å²) in [7, 11) is -3.19. The average Bonchev–Trinajstić information content (AvgIpc) is 2.23. The summed E-state index contributed by atoms with van der Waals surface area (Å²) in [4.78, 5) is -0.990. The maximum Gasteiger partial charge on any atom is 0.243 e. The Morgan fingerprint density at radius 3 is 1.88 bits per heavy atom. The summed E-state index contributed by atoms with van der Waals surface area (Å²) in [6, 6.07) is 0. The number of halogens is 3. The van der Waals surface area contributed by atoms with Gasteiger partial charge < -0.3 is 0 Å². The van der Waals surface area contributed by atoms with Crippen molar-refractivity contribution in [3.05, 3.63) is 28.6 Å². The highest BCUT2D eigenvalue weighted by Crippen LogP contribution is 2.27. The minimum Gasteiger partial charge on any atom is -0.214 e. The summed E-state index contributed by atoms with van der Waals surface area (Å²) in [5.41, 5.74) is -0.976. The van der Waals surface area contributed by atoms with Gasteiger partial charge in [-0.2, -0.15) is 0 Å². The highest BCUT2D eigenvalue weighted by molar-refractivity contribution is 7.89. The van der Waals surface area contributed by atoms with Crippen molar-refractivity contribution in [1.29, 1.82) is 0 Å². The minimum absolute atomic E-state index is 0.439. The lowest BCUT2D eigenvalue weighted by Crippen LogP contribution is -2.22. The van der Waals surface area contributed by atoms with Crippen molar-refractivity contribution >= 4 is 10.0 Å². The second-order valence-electron chi connectivity index (χ2n) is 3.23. The lowest BCUT2D eigenvalue weighted by Gasteiger charge is -2.11. The zero-order chi connectivity index (χ0) is 12.7. The van der Waals surface area contributed by atoms with Gasteiger partial charge in [-0.1, -0.05) is 0 Å². The van der Waals surface area contributed by atoms with Gasteiger partial charge >= 0.3 is 0 Å². The third-order valence-electron chi connectivity index (χ3n) is 2.26. The van der Waals surface area contributed by atoms with Gasteiger partial charge in [-0.3, -0.25) is 0 Å². The molecule has 16 heavy (non-hydrogen) atoms. The molecular formula is C9H10F3NO2S. The zero-order valence-corrected chi connectivity index (χ0v) is 9.68. The summed E-state index contributed by atoms with van der Waals surface area (Å²) in [5, 5.41) is 0. The van der Waals surface area contributed by atoms with Crippen molar-refractivity contribution < 1.29 is 21.6 Å². The van der Waals surface area contributed by atoms with E-state index in [9.17, 15) is 21.6 Å². The summed E-state index contributed by atoms with van der Waals surface area (Å²) < 4.78 is 64.6. The van der Waals surface area contributed by atoms with Gasteiger partial charge in [0.1, 0.15) is 10.7 Å². The van der Waals surface area contributed by atoms with Crippen molar-refractivity contribution in [1.82, 2.24) is 4.72 Å². The molecule has 0 spiro atoms. The smallest absolute Gasteiger partial charge is 0.214 e. The molecule has 0 saturated carbocycles. The largest absolute Gasteiger partial charge is 0.243 e. The first-order chi connectivity index (χ1) is 7.24. The molecule has 0 radical (unpaired) electrons. The summed E-state index contributed by atoms with van der Waals surface area (Å²) in [5.74, 6) is -4.12. The Kier molecular flexibility index (Phi) is 3.30. The molecule has 0 unspecified atom stereocenters. The van der Waals surface area contributed by atoms with E-state index in [-0.39, 0.29) is 0 Å². The summed E-state index contributed by atoms with van der Waals surface area (Å²) in [6.07, 6.45) is 0. The number of nitrogens with one attached hydrogen (secondary N) is 1. The maximum absolute atomic E-state index is 13.4. The topological polar surface area (TPSA) is 46.2 Å². The fraction of sp³-hybridized carbons (Fsp3) is 0.333. The Hall–Kier alpha value is -1.08. The molecule has 3 nitrogen and oxygen atoms in total. The van der Waals surface area contributed by atoms with E-state index in [0.717, 1.165) is 20.9 Å². The molecule has 0 atom stereocenters. The van der Waals surface area contributed by atoms with Crippen LogP contribution in [0.25, 0.3) is 0 Å². The van der Waals surface area contributed by atoms with Crippen LogP contribution in [0.5, 0.6) is 0 Å². The molecule has 90 valence electrons. The number of benzene rings is 1. The molecule has 1 aromatic rings. The zero-order valence-electron chi connectivity index (χ0n) is 8.86. The molecule has 1 N–H and O–H groups in total. The molecule has 7 heteroatoms. The third kappa shape index (κ3) is 1.80. The van der Waals surface area contributed by atoms with E-state index in [2.05, 4.69) is 0 Å². The van der Waals surface area contributed by atoms with Crippen LogP contribution in [0.15, 0.2) is 4.90 Å². The molecule has 0 aliphatic carbocycles. The monoisotopic (exact) mass is 253 g/mol. The number of hydrogen-bond donors (Lipinski definition) is 1. The first-order valence-corrected chi connectivity index (χ1v) is 5.79. The Balaban J connectivity index is 3.79. The standard InChI is InChI=1S/C9H10F3NO2S/c1-4-6(10)5(2)9(8(12)7(4)11)16(14,15)13-3/h13H,1-3H3. The maximum atomic E-state index is 13.4. The van der Waals surface area contributed by atoms with Gasteiger partial charge in [-0.15, -0.1) is 0 Å². The van der Waals surface area contributed by atoms with Crippen LogP contribution in [-0.2, 0) is 10.0 Å². The fourth-order valence-electron chi connectivity index (χ4n) is 1.33. The number of sulfonamides is 1. The van der Waals surface area contributed by atoms with E-state index >= 15 is 0 Å². The number of rotatable bonds is 2. The van der Waals surface area contributed by atoms with Gasteiger partial charge in [0.25, 0.3) is 0 Å². The molecular weight excluding hydrogens is 243 g/mol. The van der Waals surface area contributed by atoms with Crippen LogP contribution in [0.2, 0.25) is 0 Å². The Bertz CT molecular complexity index is 511. The van der Waals surface area contributed by atoms with Gasteiger partial charge in [0, 0.05) is 11.1 Å². The van der Waals surface area contributed by atoms with Crippen LogP contribution in [0, 0.1) is 31.3 Å². The highest BCUT2D eigenvalue weighted by Gasteiger charge is 2.28. The molecule has 0 heterocycles. The Morgan fingerprint density at radius 1 is 0.938 bits per heavy atom. The molecule has 0 fully saturated rings. The van der Waals surface area contributed by atoms with Crippen LogP contribution in [0.3, 0.4) is 0 Å². The quantitative estimate of drug-likeness (QED) is 0.814. The van der Waals surface area contributed by atoms with Crippen molar-refractivity contribution in [3.63, 3.8) is 0 Å². The van der Waals surface area contributed by atoms with Crippen LogP contribution in [0.4, 0.5) is 13.2 Å². The highest BCUT2D eigenvalue weighted by atomic mass is 32.2. The molecule has 1 aromatic carbocycles. The lowest BCUT2D eigenvalue weighted by molar-refractivity contribution is 0.458. The summed E-state index contributed by atoms with van der Waals surface area (Å²) >= 11 is 0. The SMILES string of the molecule is CNS(=O)(=O)c1c(C)c(F)c(C)c(F)c1F. The van der Waals surface area contributed by atoms with Crippen LogP contribution in [-0.4, -0.2) is 15.5 Å². The van der Waals surface area contributed by atoms with E-state index < -0.39 is 43.5 Å². The fourth-order valence-corrected chi connectivity index (χ4v) is 2.35. The van der Waals surface area contributed by atoms with Crippen LogP contribution in [0.1, 0.15) is 11.1 Å². The van der Waals surface area contributed by atoms with E-state index in [1.165, 1.54) is 0 Å². The second-order valence-corrected chi connectivity index (χ2v) is 5.05. The average molecular weight is 253 g/mol. The Labute approximate surface area is 91.3 Å². The van der Waals surface area contributed by atoms with Gasteiger partial charge in [0.15, 0.2) is 11.6 Å². The molecule has 0 aliphatic rings. The number of hydrogen-bond acceptors (Lipinski definition) is 2. The van der Waals surface area contributed by atoms with Gasteiger partial charge in [0.2, 0.25) is 10.0 Å². The first-order valence-electron chi connectivity index (χ1n) is 4.31.